The summed E-state index contributed by atoms with van der Waals surface area (Å²) < 4.78 is 11.0. The van der Waals surface area contributed by atoms with Crippen LogP contribution in [0, 0.1) is 12.3 Å². The third kappa shape index (κ3) is 5.82. The lowest BCUT2D eigenvalue weighted by Gasteiger charge is -2.25. The van der Waals surface area contributed by atoms with Crippen molar-refractivity contribution in [3.05, 3.63) is 29.8 Å². The number of amides is 1. The minimum atomic E-state index is -0.480. The molecule has 1 fully saturated rings. The molecule has 5 heteroatoms. The van der Waals surface area contributed by atoms with Gasteiger partial charge in [-0.3, -0.25) is 9.59 Å². The molecule has 1 aromatic carbocycles. The van der Waals surface area contributed by atoms with Crippen LogP contribution in [0.1, 0.15) is 50.7 Å². The van der Waals surface area contributed by atoms with Gasteiger partial charge in [0.15, 0.2) is 0 Å². The van der Waals surface area contributed by atoms with Crippen LogP contribution in [0.5, 0.6) is 5.75 Å². The lowest BCUT2D eigenvalue weighted by atomic mass is 10.1. The summed E-state index contributed by atoms with van der Waals surface area (Å²) in [6.45, 7) is 2.55. The van der Waals surface area contributed by atoms with Crippen molar-refractivity contribution in [2.45, 2.75) is 45.1 Å². The molecule has 2 rings (SSSR count). The Kier molecular flexibility index (Phi) is 7.34. The van der Waals surface area contributed by atoms with E-state index in [0.29, 0.717) is 18.7 Å². The maximum atomic E-state index is 12.3. The molecule has 0 bridgehead atoms. The van der Waals surface area contributed by atoms with Crippen LogP contribution in [0.25, 0.3) is 0 Å². The first-order chi connectivity index (χ1) is 12.1. The number of carbonyl (C=O) groups excluding carboxylic acids is 2. The molecule has 1 aliphatic heterocycles. The van der Waals surface area contributed by atoms with Gasteiger partial charge in [-0.1, -0.05) is 37.0 Å². The van der Waals surface area contributed by atoms with E-state index < -0.39 is 12.1 Å². The van der Waals surface area contributed by atoms with Crippen molar-refractivity contribution in [2.75, 3.05) is 19.7 Å². The molecule has 0 N–H and O–H groups in total. The summed E-state index contributed by atoms with van der Waals surface area (Å²) in [5.74, 6) is 2.64. The van der Waals surface area contributed by atoms with Crippen molar-refractivity contribution in [1.82, 2.24) is 4.90 Å². The fourth-order valence-corrected chi connectivity index (χ4v) is 2.90. The maximum absolute atomic E-state index is 12.3. The minimum absolute atomic E-state index is 0.00342. The first-order valence-corrected chi connectivity index (χ1v) is 8.74. The van der Waals surface area contributed by atoms with E-state index in [4.69, 9.17) is 15.9 Å². The van der Waals surface area contributed by atoms with E-state index in [1.165, 1.54) is 0 Å². The number of rotatable bonds is 6. The molecule has 1 heterocycles. The summed E-state index contributed by atoms with van der Waals surface area (Å²) in [4.78, 5) is 26.0. The van der Waals surface area contributed by atoms with E-state index in [0.717, 1.165) is 31.2 Å². The zero-order valence-corrected chi connectivity index (χ0v) is 14.7. The second-order valence-electron chi connectivity index (χ2n) is 6.14. The summed E-state index contributed by atoms with van der Waals surface area (Å²) in [5.41, 5.74) is 0.755. The van der Waals surface area contributed by atoms with E-state index in [9.17, 15) is 9.59 Å². The van der Waals surface area contributed by atoms with Crippen LogP contribution < -0.4 is 4.74 Å². The van der Waals surface area contributed by atoms with Gasteiger partial charge in [-0.15, -0.1) is 6.42 Å². The first-order valence-electron chi connectivity index (χ1n) is 8.74. The van der Waals surface area contributed by atoms with Gasteiger partial charge in [-0.25, -0.2) is 0 Å². The van der Waals surface area contributed by atoms with E-state index in [1.54, 1.807) is 17.9 Å². The van der Waals surface area contributed by atoms with Crippen LogP contribution in [0.15, 0.2) is 24.3 Å². The van der Waals surface area contributed by atoms with Crippen molar-refractivity contribution in [2.24, 2.45) is 0 Å². The quantitative estimate of drug-likeness (QED) is 0.588. The Balaban J connectivity index is 1.95. The standard InChI is InChI=1S/C20H25NO4/c1-3-14-24-18-11-8-7-10-17(18)16(2)25-20(23)15-21-13-9-5-4-6-12-19(21)22/h1,7-8,10-11,16H,4-6,9,12-15H2,2H3. The molecule has 0 aromatic heterocycles. The van der Waals surface area contributed by atoms with Crippen LogP contribution in [-0.2, 0) is 14.3 Å². The van der Waals surface area contributed by atoms with Crippen LogP contribution in [-0.4, -0.2) is 36.5 Å². The summed E-state index contributed by atoms with van der Waals surface area (Å²) in [6, 6.07) is 7.32. The predicted molar refractivity (Wildman–Crippen MR) is 94.9 cm³/mol. The van der Waals surface area contributed by atoms with Gasteiger partial charge in [0.2, 0.25) is 5.91 Å². The lowest BCUT2D eigenvalue weighted by molar-refractivity contribution is -0.153. The number of hydrogen-bond acceptors (Lipinski definition) is 4. The van der Waals surface area contributed by atoms with Gasteiger partial charge in [0.25, 0.3) is 0 Å². The normalized spacial score (nSPS) is 16.3. The smallest absolute Gasteiger partial charge is 0.326 e. The van der Waals surface area contributed by atoms with Gasteiger partial charge in [-0.2, -0.15) is 0 Å². The van der Waals surface area contributed by atoms with Gasteiger partial charge in [0.1, 0.15) is 25.0 Å². The average molecular weight is 343 g/mol. The van der Waals surface area contributed by atoms with E-state index >= 15 is 0 Å². The topological polar surface area (TPSA) is 55.8 Å². The van der Waals surface area contributed by atoms with Crippen LogP contribution in [0.3, 0.4) is 0 Å². The van der Waals surface area contributed by atoms with Crippen LogP contribution in [0.2, 0.25) is 0 Å². The molecule has 1 aromatic rings. The van der Waals surface area contributed by atoms with Gasteiger partial charge in [-0.05, 0) is 25.8 Å². The number of para-hydroxylation sites is 1. The molecule has 0 radical (unpaired) electrons. The molecule has 1 saturated heterocycles. The summed E-state index contributed by atoms with van der Waals surface area (Å²) >= 11 is 0. The minimum Gasteiger partial charge on any atom is -0.481 e. The highest BCUT2D eigenvalue weighted by atomic mass is 16.5. The highest BCUT2D eigenvalue weighted by Crippen LogP contribution is 2.27. The van der Waals surface area contributed by atoms with Gasteiger partial charge in [0, 0.05) is 18.5 Å². The van der Waals surface area contributed by atoms with Crippen molar-refractivity contribution in [3.63, 3.8) is 0 Å². The third-order valence-corrected chi connectivity index (χ3v) is 4.22. The summed E-state index contributed by atoms with van der Waals surface area (Å²) in [5, 5.41) is 0. The van der Waals surface area contributed by atoms with Crippen LogP contribution >= 0.6 is 0 Å². The average Bonchev–Trinajstić information content (AvgIpc) is 2.60. The molecule has 0 aliphatic carbocycles. The third-order valence-electron chi connectivity index (χ3n) is 4.22. The van der Waals surface area contributed by atoms with E-state index in [2.05, 4.69) is 5.92 Å². The van der Waals surface area contributed by atoms with Crippen molar-refractivity contribution >= 4 is 11.9 Å². The number of carbonyl (C=O) groups is 2. The molecule has 1 aliphatic rings. The number of likely N-dealkylation sites (tertiary alicyclic amines) is 1. The highest BCUT2D eigenvalue weighted by molar-refractivity contribution is 5.82. The second kappa shape index (κ2) is 9.73. The van der Waals surface area contributed by atoms with E-state index in [-0.39, 0.29) is 19.1 Å². The van der Waals surface area contributed by atoms with Gasteiger partial charge >= 0.3 is 5.97 Å². The number of benzene rings is 1. The van der Waals surface area contributed by atoms with E-state index in [1.807, 2.05) is 18.2 Å². The van der Waals surface area contributed by atoms with Gasteiger partial charge in [0.05, 0.1) is 0 Å². The molecule has 1 unspecified atom stereocenters. The molecule has 134 valence electrons. The SMILES string of the molecule is C#CCOc1ccccc1C(C)OC(=O)CN1CCCCCCC1=O. The Morgan fingerprint density at radius 3 is 2.84 bits per heavy atom. The number of esters is 1. The molecular formula is C20H25NO4. The predicted octanol–water partition coefficient (Wildman–Crippen LogP) is 3.10. The molecule has 1 amide bonds. The zero-order chi connectivity index (χ0) is 18.1. The number of terminal acetylenes is 1. The monoisotopic (exact) mass is 343 g/mol. The molecule has 0 spiro atoms. The highest BCUT2D eigenvalue weighted by Gasteiger charge is 2.21. The van der Waals surface area contributed by atoms with Gasteiger partial charge < -0.3 is 14.4 Å². The molecule has 0 saturated carbocycles. The number of hydrogen-bond donors (Lipinski definition) is 0. The maximum Gasteiger partial charge on any atom is 0.326 e. The summed E-state index contributed by atoms with van der Waals surface area (Å²) in [7, 11) is 0. The van der Waals surface area contributed by atoms with Crippen molar-refractivity contribution in [3.8, 4) is 18.1 Å². The Morgan fingerprint density at radius 2 is 2.04 bits per heavy atom. The molecule has 5 nitrogen and oxygen atoms in total. The number of ether oxygens (including phenoxy) is 2. The number of nitrogens with zero attached hydrogens (tertiary/aromatic N) is 1. The van der Waals surface area contributed by atoms with Crippen molar-refractivity contribution < 1.29 is 19.1 Å². The largest absolute Gasteiger partial charge is 0.481 e. The summed E-state index contributed by atoms with van der Waals surface area (Å²) in [6.07, 6.45) is 9.24. The lowest BCUT2D eigenvalue weighted by Crippen LogP contribution is -2.38. The second-order valence-corrected chi connectivity index (χ2v) is 6.14. The fourth-order valence-electron chi connectivity index (χ4n) is 2.90. The van der Waals surface area contributed by atoms with Crippen molar-refractivity contribution in [1.29, 1.82) is 0 Å². The molecule has 1 atom stereocenters. The molecular weight excluding hydrogens is 318 g/mol. The Bertz CT molecular complexity index is 635. The van der Waals surface area contributed by atoms with Crippen LogP contribution in [0.4, 0.5) is 0 Å². The zero-order valence-electron chi connectivity index (χ0n) is 14.7. The first kappa shape index (κ1) is 18.9. The Labute approximate surface area is 149 Å². The Hall–Kier alpha value is -2.48. The fraction of sp³-hybridized carbons (Fsp3) is 0.500. The molecule has 25 heavy (non-hydrogen) atoms. The Morgan fingerprint density at radius 1 is 1.28 bits per heavy atom.